The summed E-state index contributed by atoms with van der Waals surface area (Å²) in [6, 6.07) is 14.7. The van der Waals surface area contributed by atoms with Crippen LogP contribution in [0.4, 0.5) is 5.69 Å². The fraction of sp³-hybridized carbons (Fsp3) is 0.350. The molecule has 1 amide bonds. The first-order valence-corrected chi connectivity index (χ1v) is 10.0. The number of hydrogen-bond acceptors (Lipinski definition) is 5. The molecule has 0 bridgehead atoms. The van der Waals surface area contributed by atoms with Gasteiger partial charge >= 0.3 is 0 Å². The predicted octanol–water partition coefficient (Wildman–Crippen LogP) is 2.93. The van der Waals surface area contributed by atoms with Crippen molar-refractivity contribution in [2.24, 2.45) is 0 Å². The Labute approximate surface area is 161 Å². The molecule has 2 N–H and O–H groups in total. The molecule has 0 aliphatic carbocycles. The maximum absolute atomic E-state index is 12.2. The number of rotatable bonds is 7. The summed E-state index contributed by atoms with van der Waals surface area (Å²) < 4.78 is 21.1. The monoisotopic (exact) mass is 390 g/mol. The van der Waals surface area contributed by atoms with E-state index in [1.807, 2.05) is 24.3 Å². The minimum Gasteiger partial charge on any atom is -0.372 e. The molecule has 146 valence electrons. The third-order valence-corrected chi connectivity index (χ3v) is 4.58. The lowest BCUT2D eigenvalue weighted by Crippen LogP contribution is -2.28. The van der Waals surface area contributed by atoms with Gasteiger partial charge in [-0.2, -0.15) is 0 Å². The van der Waals surface area contributed by atoms with Gasteiger partial charge in [0.1, 0.15) is 5.88 Å². The molecular weight excluding hydrogens is 364 g/mol. The number of thiol groups is 1. The van der Waals surface area contributed by atoms with Crippen LogP contribution in [0.15, 0.2) is 48.5 Å². The van der Waals surface area contributed by atoms with Crippen LogP contribution in [0.5, 0.6) is 0 Å². The van der Waals surface area contributed by atoms with Crippen LogP contribution >= 0.6 is 0 Å². The van der Waals surface area contributed by atoms with Gasteiger partial charge in [-0.1, -0.05) is 57.2 Å². The van der Waals surface area contributed by atoms with Gasteiger partial charge < -0.3 is 5.32 Å². The zero-order chi connectivity index (χ0) is 20.0. The number of hydrogen-bond donors (Lipinski definition) is 3. The Kier molecular flexibility index (Phi) is 6.98. The summed E-state index contributed by atoms with van der Waals surface area (Å²) in [5.74, 6) is -0.517. The number of benzene rings is 2. The van der Waals surface area contributed by atoms with Crippen LogP contribution < -0.4 is 5.32 Å². The lowest BCUT2D eigenvalue weighted by atomic mass is 9.86. The standard InChI is InChI=1S/C20H26N2O4S/c1-20(2,3)17-8-4-15(5-9-17)12-19(23)22(24)13-16-6-10-18(11-7-16)21-14-27(25)26/h4-11,21,24,27H,12-14H2,1-3H3. The molecule has 0 spiro atoms. The summed E-state index contributed by atoms with van der Waals surface area (Å²) in [4.78, 5) is 12.2. The minimum atomic E-state index is -2.49. The molecule has 6 nitrogen and oxygen atoms in total. The molecule has 7 heteroatoms. The lowest BCUT2D eigenvalue weighted by Gasteiger charge is -2.19. The van der Waals surface area contributed by atoms with Crippen LogP contribution in [-0.4, -0.2) is 30.5 Å². The Morgan fingerprint density at radius 2 is 1.56 bits per heavy atom. The Bertz CT molecular complexity index is 830. The summed E-state index contributed by atoms with van der Waals surface area (Å²) >= 11 is 0. The number of anilines is 1. The second-order valence-corrected chi connectivity index (χ2v) is 8.42. The largest absolute Gasteiger partial charge is 0.372 e. The molecular formula is C20H26N2O4S. The molecule has 2 aromatic rings. The first kappa shape index (κ1) is 20.9. The average Bonchev–Trinajstić information content (AvgIpc) is 2.60. The van der Waals surface area contributed by atoms with Crippen molar-refractivity contribution in [2.75, 3.05) is 11.2 Å². The van der Waals surface area contributed by atoms with Crippen molar-refractivity contribution in [2.45, 2.75) is 39.2 Å². The van der Waals surface area contributed by atoms with Gasteiger partial charge in [-0.05, 0) is 34.2 Å². The maximum atomic E-state index is 12.2. The molecule has 0 saturated carbocycles. The number of carbonyl (C=O) groups excluding carboxylic acids is 1. The van der Waals surface area contributed by atoms with Crippen molar-refractivity contribution < 1.29 is 18.4 Å². The van der Waals surface area contributed by atoms with Crippen LogP contribution in [-0.2, 0) is 33.9 Å². The van der Waals surface area contributed by atoms with E-state index in [-0.39, 0.29) is 30.2 Å². The molecule has 0 fully saturated rings. The van der Waals surface area contributed by atoms with Gasteiger partial charge in [0.05, 0.1) is 13.0 Å². The molecule has 0 radical (unpaired) electrons. The highest BCUT2D eigenvalue weighted by Crippen LogP contribution is 2.22. The van der Waals surface area contributed by atoms with Crippen LogP contribution in [0.25, 0.3) is 0 Å². The Morgan fingerprint density at radius 3 is 2.07 bits per heavy atom. The van der Waals surface area contributed by atoms with Crippen LogP contribution in [0.1, 0.15) is 37.5 Å². The van der Waals surface area contributed by atoms with E-state index in [1.165, 1.54) is 5.56 Å². The van der Waals surface area contributed by atoms with Crippen molar-refractivity contribution in [3.8, 4) is 0 Å². The number of nitrogens with zero attached hydrogens (tertiary/aromatic N) is 1. The van der Waals surface area contributed by atoms with Gasteiger partial charge in [0.25, 0.3) is 5.91 Å². The van der Waals surface area contributed by atoms with Gasteiger partial charge in [0.2, 0.25) is 0 Å². The highest BCUT2D eigenvalue weighted by molar-refractivity contribution is 7.72. The summed E-state index contributed by atoms with van der Waals surface area (Å²) in [5, 5.41) is 13.5. The Balaban J connectivity index is 1.91. The van der Waals surface area contributed by atoms with Gasteiger partial charge in [-0.3, -0.25) is 10.0 Å². The average molecular weight is 391 g/mol. The van der Waals surface area contributed by atoms with Crippen LogP contribution in [0.2, 0.25) is 0 Å². The van der Waals surface area contributed by atoms with Crippen molar-refractivity contribution in [3.63, 3.8) is 0 Å². The van der Waals surface area contributed by atoms with E-state index in [9.17, 15) is 18.4 Å². The molecule has 0 atom stereocenters. The number of carbonyl (C=O) groups is 1. The number of amides is 1. The predicted molar refractivity (Wildman–Crippen MR) is 106 cm³/mol. The molecule has 0 heterocycles. The molecule has 2 aromatic carbocycles. The quantitative estimate of drug-likeness (QED) is 0.384. The number of hydroxylamine groups is 2. The summed E-state index contributed by atoms with van der Waals surface area (Å²) in [6.07, 6.45) is 0.122. The molecule has 0 unspecified atom stereocenters. The van der Waals surface area contributed by atoms with E-state index in [0.29, 0.717) is 10.8 Å². The molecule has 2 rings (SSSR count). The van der Waals surface area contributed by atoms with Crippen molar-refractivity contribution in [1.82, 2.24) is 5.06 Å². The van der Waals surface area contributed by atoms with E-state index in [1.54, 1.807) is 24.3 Å². The van der Waals surface area contributed by atoms with Crippen molar-refractivity contribution >= 4 is 22.3 Å². The van der Waals surface area contributed by atoms with E-state index in [4.69, 9.17) is 0 Å². The number of nitrogens with one attached hydrogen (secondary N) is 1. The zero-order valence-corrected chi connectivity index (χ0v) is 16.7. The van der Waals surface area contributed by atoms with Gasteiger partial charge in [-0.25, -0.2) is 13.5 Å². The second-order valence-electron chi connectivity index (χ2n) is 7.44. The molecule has 0 aromatic heterocycles. The SMILES string of the molecule is CC(C)(C)c1ccc(CC(=O)N(O)Cc2ccc(NC[SH](=O)=O)cc2)cc1. The Hall–Kier alpha value is -2.38. The van der Waals surface area contributed by atoms with Crippen LogP contribution in [0, 0.1) is 0 Å². The third kappa shape index (κ3) is 6.69. The molecule has 0 aliphatic heterocycles. The smallest absolute Gasteiger partial charge is 0.250 e. The molecule has 27 heavy (non-hydrogen) atoms. The highest BCUT2D eigenvalue weighted by Gasteiger charge is 2.15. The Morgan fingerprint density at radius 1 is 1.00 bits per heavy atom. The van der Waals surface area contributed by atoms with E-state index in [0.717, 1.165) is 11.1 Å². The van der Waals surface area contributed by atoms with Gasteiger partial charge in [0, 0.05) is 5.69 Å². The topological polar surface area (TPSA) is 86.7 Å². The summed E-state index contributed by atoms with van der Waals surface area (Å²) in [7, 11) is -2.49. The van der Waals surface area contributed by atoms with Crippen molar-refractivity contribution in [3.05, 3.63) is 65.2 Å². The minimum absolute atomic E-state index is 0.0515. The maximum Gasteiger partial charge on any atom is 0.250 e. The first-order valence-electron chi connectivity index (χ1n) is 8.68. The first-order chi connectivity index (χ1) is 12.6. The van der Waals surface area contributed by atoms with Crippen molar-refractivity contribution in [1.29, 1.82) is 0 Å². The van der Waals surface area contributed by atoms with E-state index in [2.05, 4.69) is 26.1 Å². The fourth-order valence-electron chi connectivity index (χ4n) is 2.53. The van der Waals surface area contributed by atoms with Crippen LogP contribution in [0.3, 0.4) is 0 Å². The van der Waals surface area contributed by atoms with E-state index >= 15 is 0 Å². The summed E-state index contributed by atoms with van der Waals surface area (Å²) in [5.41, 5.74) is 3.49. The highest BCUT2D eigenvalue weighted by atomic mass is 32.2. The van der Waals surface area contributed by atoms with E-state index < -0.39 is 10.7 Å². The normalized spacial score (nSPS) is 11.4. The van der Waals surface area contributed by atoms with Gasteiger partial charge in [-0.15, -0.1) is 0 Å². The second kappa shape index (κ2) is 9.01. The van der Waals surface area contributed by atoms with Gasteiger partial charge in [0.15, 0.2) is 10.7 Å². The fourth-order valence-corrected chi connectivity index (χ4v) is 2.85. The zero-order valence-electron chi connectivity index (χ0n) is 15.8. The molecule has 0 saturated heterocycles. The third-order valence-electron chi connectivity index (χ3n) is 4.16. The molecule has 0 aliphatic rings. The lowest BCUT2D eigenvalue weighted by molar-refractivity contribution is -0.167. The summed E-state index contributed by atoms with van der Waals surface area (Å²) in [6.45, 7) is 6.45.